The molecule has 116 valence electrons. The summed E-state index contributed by atoms with van der Waals surface area (Å²) < 4.78 is 33.2. The van der Waals surface area contributed by atoms with E-state index in [1.807, 2.05) is 32.9 Å². The molecule has 1 aliphatic heterocycles. The van der Waals surface area contributed by atoms with E-state index in [0.29, 0.717) is 16.5 Å². The van der Waals surface area contributed by atoms with Crippen LogP contribution in [0.1, 0.15) is 18.1 Å². The Kier molecular flexibility index (Phi) is 3.56. The van der Waals surface area contributed by atoms with Gasteiger partial charge in [0.05, 0.1) is 11.4 Å². The van der Waals surface area contributed by atoms with Gasteiger partial charge in [-0.2, -0.15) is 0 Å². The standard InChI is InChI=1S/C16H18N2O3S/c1-11-6-7-15(12(2)9-11)22(19,20)18-10-13(3)21-16-14(18)5-4-8-17-16/h4-9,13H,10H2,1-3H3/t13-/m1/s1. The summed E-state index contributed by atoms with van der Waals surface area (Å²) in [7, 11) is -3.64. The van der Waals surface area contributed by atoms with E-state index < -0.39 is 10.0 Å². The van der Waals surface area contributed by atoms with E-state index in [1.165, 1.54) is 4.31 Å². The number of hydrogen-bond donors (Lipinski definition) is 0. The van der Waals surface area contributed by atoms with Crippen LogP contribution in [-0.4, -0.2) is 26.1 Å². The Morgan fingerprint density at radius 1 is 1.27 bits per heavy atom. The second-order valence-electron chi connectivity index (χ2n) is 5.56. The molecule has 0 saturated heterocycles. The second-order valence-corrected chi connectivity index (χ2v) is 7.39. The van der Waals surface area contributed by atoms with Crippen molar-refractivity contribution in [1.82, 2.24) is 4.98 Å². The molecule has 0 radical (unpaired) electrons. The van der Waals surface area contributed by atoms with Crippen LogP contribution in [0.4, 0.5) is 5.69 Å². The molecule has 3 rings (SSSR count). The maximum absolute atomic E-state index is 13.1. The van der Waals surface area contributed by atoms with Gasteiger partial charge in [0.1, 0.15) is 11.8 Å². The van der Waals surface area contributed by atoms with Crippen LogP contribution in [-0.2, 0) is 10.0 Å². The van der Waals surface area contributed by atoms with Crippen molar-refractivity contribution < 1.29 is 13.2 Å². The van der Waals surface area contributed by atoms with E-state index in [0.717, 1.165) is 11.1 Å². The van der Waals surface area contributed by atoms with Gasteiger partial charge in [-0.15, -0.1) is 0 Å². The lowest BCUT2D eigenvalue weighted by atomic mass is 10.2. The highest BCUT2D eigenvalue weighted by Gasteiger charge is 2.34. The third kappa shape index (κ3) is 2.43. The van der Waals surface area contributed by atoms with Gasteiger partial charge in [-0.3, -0.25) is 4.31 Å². The molecule has 22 heavy (non-hydrogen) atoms. The number of pyridine rings is 1. The van der Waals surface area contributed by atoms with Crippen LogP contribution in [0, 0.1) is 13.8 Å². The first kappa shape index (κ1) is 14.8. The van der Waals surface area contributed by atoms with Crippen molar-refractivity contribution in [3.8, 4) is 5.88 Å². The highest BCUT2D eigenvalue weighted by Crippen LogP contribution is 2.35. The summed E-state index contributed by atoms with van der Waals surface area (Å²) >= 11 is 0. The van der Waals surface area contributed by atoms with Gasteiger partial charge < -0.3 is 4.74 Å². The van der Waals surface area contributed by atoms with Crippen LogP contribution < -0.4 is 9.04 Å². The minimum absolute atomic E-state index is 0.247. The van der Waals surface area contributed by atoms with Gasteiger partial charge in [-0.25, -0.2) is 13.4 Å². The zero-order valence-electron chi connectivity index (χ0n) is 12.8. The van der Waals surface area contributed by atoms with E-state index in [9.17, 15) is 8.42 Å². The van der Waals surface area contributed by atoms with E-state index in [1.54, 1.807) is 24.4 Å². The summed E-state index contributed by atoms with van der Waals surface area (Å²) in [6.45, 7) is 5.86. The zero-order chi connectivity index (χ0) is 15.9. The molecule has 0 saturated carbocycles. The molecule has 0 unspecified atom stereocenters. The van der Waals surface area contributed by atoms with Crippen molar-refractivity contribution in [3.05, 3.63) is 47.7 Å². The summed E-state index contributed by atoms with van der Waals surface area (Å²) in [4.78, 5) is 4.46. The number of rotatable bonds is 2. The van der Waals surface area contributed by atoms with Gasteiger partial charge in [0.15, 0.2) is 0 Å². The van der Waals surface area contributed by atoms with Crippen molar-refractivity contribution >= 4 is 15.7 Å². The van der Waals surface area contributed by atoms with Crippen LogP contribution >= 0.6 is 0 Å². The predicted octanol–water partition coefficient (Wildman–Crippen LogP) is 2.67. The van der Waals surface area contributed by atoms with Gasteiger partial charge in [0.25, 0.3) is 10.0 Å². The van der Waals surface area contributed by atoms with Gasteiger partial charge in [0.2, 0.25) is 5.88 Å². The number of ether oxygens (including phenoxy) is 1. The van der Waals surface area contributed by atoms with Crippen molar-refractivity contribution in [2.45, 2.75) is 31.8 Å². The lowest BCUT2D eigenvalue weighted by Gasteiger charge is -2.33. The quantitative estimate of drug-likeness (QED) is 0.854. The number of nitrogens with zero attached hydrogens (tertiary/aromatic N) is 2. The summed E-state index contributed by atoms with van der Waals surface area (Å²) in [6, 6.07) is 8.78. The Morgan fingerprint density at radius 2 is 2.05 bits per heavy atom. The first-order valence-corrected chi connectivity index (χ1v) is 8.55. The molecular weight excluding hydrogens is 300 g/mol. The summed E-state index contributed by atoms with van der Waals surface area (Å²) in [5.41, 5.74) is 2.26. The maximum Gasteiger partial charge on any atom is 0.264 e. The summed E-state index contributed by atoms with van der Waals surface area (Å²) in [5.74, 6) is 0.356. The van der Waals surface area contributed by atoms with Crippen molar-refractivity contribution in [3.63, 3.8) is 0 Å². The zero-order valence-corrected chi connectivity index (χ0v) is 13.6. The fourth-order valence-electron chi connectivity index (χ4n) is 2.66. The van der Waals surface area contributed by atoms with Crippen molar-refractivity contribution in [1.29, 1.82) is 0 Å². The summed E-state index contributed by atoms with van der Waals surface area (Å²) in [5, 5.41) is 0. The molecule has 5 nitrogen and oxygen atoms in total. The SMILES string of the molecule is Cc1ccc(S(=O)(=O)N2C[C@@H](C)Oc3ncccc32)c(C)c1. The molecule has 1 atom stereocenters. The van der Waals surface area contributed by atoms with E-state index >= 15 is 0 Å². The number of sulfonamides is 1. The van der Waals surface area contributed by atoms with Crippen LogP contribution in [0.25, 0.3) is 0 Å². The minimum atomic E-state index is -3.64. The third-order valence-corrected chi connectivity index (χ3v) is 5.59. The molecule has 1 aliphatic rings. The molecule has 0 spiro atoms. The maximum atomic E-state index is 13.1. The van der Waals surface area contributed by atoms with Crippen LogP contribution in [0.5, 0.6) is 5.88 Å². The predicted molar refractivity (Wildman–Crippen MR) is 84.8 cm³/mol. The Morgan fingerprint density at radius 3 is 2.77 bits per heavy atom. The first-order chi connectivity index (χ1) is 10.4. The second kappa shape index (κ2) is 5.28. The average Bonchev–Trinajstić information content (AvgIpc) is 2.45. The topological polar surface area (TPSA) is 59.5 Å². The van der Waals surface area contributed by atoms with Crippen molar-refractivity contribution in [2.75, 3.05) is 10.8 Å². The van der Waals surface area contributed by atoms with E-state index in [2.05, 4.69) is 4.98 Å². The van der Waals surface area contributed by atoms with Crippen molar-refractivity contribution in [2.24, 2.45) is 0 Å². The number of aromatic nitrogens is 1. The molecule has 2 aromatic rings. The number of benzene rings is 1. The van der Waals surface area contributed by atoms with Gasteiger partial charge in [0, 0.05) is 6.20 Å². The van der Waals surface area contributed by atoms with Crippen LogP contribution in [0.3, 0.4) is 0 Å². The number of aryl methyl sites for hydroxylation is 2. The molecule has 0 aliphatic carbocycles. The smallest absolute Gasteiger partial charge is 0.264 e. The number of anilines is 1. The molecule has 1 aromatic heterocycles. The first-order valence-electron chi connectivity index (χ1n) is 7.11. The van der Waals surface area contributed by atoms with Gasteiger partial charge in [-0.1, -0.05) is 17.7 Å². The molecule has 1 aromatic carbocycles. The fourth-order valence-corrected chi connectivity index (χ4v) is 4.41. The lowest BCUT2D eigenvalue weighted by molar-refractivity contribution is 0.210. The molecule has 0 amide bonds. The minimum Gasteiger partial charge on any atom is -0.471 e. The monoisotopic (exact) mass is 318 g/mol. The molecule has 0 N–H and O–H groups in total. The molecular formula is C16H18N2O3S. The number of fused-ring (bicyclic) bond motifs is 1. The Hall–Kier alpha value is -2.08. The third-order valence-electron chi connectivity index (χ3n) is 3.65. The van der Waals surface area contributed by atoms with Crippen LogP contribution in [0.2, 0.25) is 0 Å². The largest absolute Gasteiger partial charge is 0.471 e. The van der Waals surface area contributed by atoms with Gasteiger partial charge >= 0.3 is 0 Å². The Balaban J connectivity index is 2.13. The van der Waals surface area contributed by atoms with Crippen LogP contribution in [0.15, 0.2) is 41.4 Å². The number of hydrogen-bond acceptors (Lipinski definition) is 4. The molecule has 6 heteroatoms. The molecule has 2 heterocycles. The highest BCUT2D eigenvalue weighted by molar-refractivity contribution is 7.92. The fraction of sp³-hybridized carbons (Fsp3) is 0.312. The van der Waals surface area contributed by atoms with Gasteiger partial charge in [-0.05, 0) is 44.5 Å². The van der Waals surface area contributed by atoms with E-state index in [-0.39, 0.29) is 12.6 Å². The molecule has 0 fully saturated rings. The summed E-state index contributed by atoms with van der Waals surface area (Å²) in [6.07, 6.45) is 1.35. The lowest BCUT2D eigenvalue weighted by Crippen LogP contribution is -2.42. The Bertz CT molecular complexity index is 818. The normalized spacial score (nSPS) is 17.8. The highest BCUT2D eigenvalue weighted by atomic mass is 32.2. The van der Waals surface area contributed by atoms with E-state index in [4.69, 9.17) is 4.74 Å². The average molecular weight is 318 g/mol. The Labute approximate surface area is 130 Å². The molecule has 0 bridgehead atoms.